The number of hydrogen-bond donors (Lipinski definition) is 1. The lowest BCUT2D eigenvalue weighted by Crippen LogP contribution is -2.21. The molecule has 0 aliphatic carbocycles. The normalized spacial score (nSPS) is 10.3. The number of amides is 1. The van der Waals surface area contributed by atoms with Gasteiger partial charge in [-0.25, -0.2) is 0 Å². The van der Waals surface area contributed by atoms with E-state index >= 15 is 0 Å². The number of benzene rings is 2. The number of nitrogens with two attached hydrogens (primary N) is 1. The predicted molar refractivity (Wildman–Crippen MR) is 85.4 cm³/mol. The van der Waals surface area contributed by atoms with Crippen molar-refractivity contribution in [2.24, 2.45) is 0 Å². The Kier molecular flexibility index (Phi) is 4.60. The molecule has 0 fully saturated rings. The number of halogens is 2. The first-order chi connectivity index (χ1) is 9.88. The second kappa shape index (κ2) is 6.24. The second-order valence-electron chi connectivity index (χ2n) is 4.63. The molecule has 0 aliphatic heterocycles. The molecule has 2 rings (SSSR count). The summed E-state index contributed by atoms with van der Waals surface area (Å²) in [5, 5.41) is 0.930. The number of nitrogen functional groups attached to an aromatic ring is 1. The maximum Gasteiger partial charge on any atom is 0.253 e. The molecule has 0 saturated heterocycles. The molecule has 2 aromatic carbocycles. The van der Waals surface area contributed by atoms with Gasteiger partial charge >= 0.3 is 0 Å². The summed E-state index contributed by atoms with van der Waals surface area (Å²) in [7, 11) is 3.35. The van der Waals surface area contributed by atoms with E-state index in [4.69, 9.17) is 33.7 Å². The Morgan fingerprint density at radius 1 is 1.10 bits per heavy atom. The molecule has 0 heterocycles. The Labute approximate surface area is 133 Å². The highest BCUT2D eigenvalue weighted by atomic mass is 35.5. The van der Waals surface area contributed by atoms with E-state index in [1.54, 1.807) is 50.5 Å². The molecular formula is C15H14Cl2N2O2. The van der Waals surface area contributed by atoms with Crippen LogP contribution in [-0.4, -0.2) is 24.9 Å². The van der Waals surface area contributed by atoms with Gasteiger partial charge in [-0.3, -0.25) is 4.79 Å². The van der Waals surface area contributed by atoms with Crippen LogP contribution in [0.3, 0.4) is 0 Å². The number of nitrogens with zero attached hydrogens (tertiary/aromatic N) is 1. The van der Waals surface area contributed by atoms with E-state index in [2.05, 4.69) is 0 Å². The van der Waals surface area contributed by atoms with Gasteiger partial charge in [-0.15, -0.1) is 0 Å². The predicted octanol–water partition coefficient (Wildman–Crippen LogP) is 4.07. The molecule has 4 nitrogen and oxygen atoms in total. The molecule has 21 heavy (non-hydrogen) atoms. The SMILES string of the molecule is CN(C)C(=O)c1ccc(Oc2cc(Cl)ccc2Cl)c(N)c1. The lowest BCUT2D eigenvalue weighted by Gasteiger charge is -2.13. The summed E-state index contributed by atoms with van der Waals surface area (Å²) < 4.78 is 5.65. The van der Waals surface area contributed by atoms with Crippen LogP contribution in [0.15, 0.2) is 36.4 Å². The topological polar surface area (TPSA) is 55.6 Å². The fourth-order valence-electron chi connectivity index (χ4n) is 1.71. The van der Waals surface area contributed by atoms with Crippen LogP contribution in [0, 0.1) is 0 Å². The average Bonchev–Trinajstić information content (AvgIpc) is 2.44. The minimum atomic E-state index is -0.131. The van der Waals surface area contributed by atoms with Crippen molar-refractivity contribution in [2.45, 2.75) is 0 Å². The Balaban J connectivity index is 2.30. The molecule has 0 saturated carbocycles. The van der Waals surface area contributed by atoms with Crippen molar-refractivity contribution in [3.8, 4) is 11.5 Å². The molecule has 0 atom stereocenters. The van der Waals surface area contributed by atoms with Crippen LogP contribution in [0.2, 0.25) is 10.0 Å². The molecule has 2 N–H and O–H groups in total. The Morgan fingerprint density at radius 2 is 1.81 bits per heavy atom. The minimum absolute atomic E-state index is 0.131. The third kappa shape index (κ3) is 3.60. The van der Waals surface area contributed by atoms with Crippen molar-refractivity contribution >= 4 is 34.8 Å². The van der Waals surface area contributed by atoms with E-state index in [1.165, 1.54) is 4.90 Å². The van der Waals surface area contributed by atoms with Gasteiger partial charge in [-0.05, 0) is 30.3 Å². The van der Waals surface area contributed by atoms with Gasteiger partial charge in [0.25, 0.3) is 5.91 Å². The zero-order valence-corrected chi connectivity index (χ0v) is 13.1. The molecule has 2 aromatic rings. The first kappa shape index (κ1) is 15.5. The molecule has 0 aromatic heterocycles. The van der Waals surface area contributed by atoms with Gasteiger partial charge in [-0.1, -0.05) is 23.2 Å². The number of carbonyl (C=O) groups excluding carboxylic acids is 1. The fraction of sp³-hybridized carbons (Fsp3) is 0.133. The van der Waals surface area contributed by atoms with Crippen LogP contribution in [0.4, 0.5) is 5.69 Å². The Morgan fingerprint density at radius 3 is 2.43 bits per heavy atom. The van der Waals surface area contributed by atoms with E-state index in [0.29, 0.717) is 32.8 Å². The molecular weight excluding hydrogens is 311 g/mol. The van der Waals surface area contributed by atoms with E-state index < -0.39 is 0 Å². The quantitative estimate of drug-likeness (QED) is 0.866. The van der Waals surface area contributed by atoms with E-state index in [0.717, 1.165) is 0 Å². The first-order valence-corrected chi connectivity index (χ1v) is 6.88. The molecule has 6 heteroatoms. The summed E-state index contributed by atoms with van der Waals surface area (Å²) >= 11 is 11.9. The van der Waals surface area contributed by atoms with E-state index in [9.17, 15) is 4.79 Å². The number of anilines is 1. The zero-order valence-electron chi connectivity index (χ0n) is 11.6. The molecule has 0 aliphatic rings. The summed E-state index contributed by atoms with van der Waals surface area (Å²) in [5.74, 6) is 0.686. The van der Waals surface area contributed by atoms with Crippen LogP contribution in [0.25, 0.3) is 0 Å². The van der Waals surface area contributed by atoms with Crippen LogP contribution < -0.4 is 10.5 Å². The highest BCUT2D eigenvalue weighted by Gasteiger charge is 2.12. The number of carbonyl (C=O) groups is 1. The zero-order chi connectivity index (χ0) is 15.6. The van der Waals surface area contributed by atoms with E-state index in [1.807, 2.05) is 0 Å². The fourth-order valence-corrected chi connectivity index (χ4v) is 2.02. The number of rotatable bonds is 3. The lowest BCUT2D eigenvalue weighted by molar-refractivity contribution is 0.0827. The van der Waals surface area contributed by atoms with Crippen molar-refractivity contribution < 1.29 is 9.53 Å². The Bertz CT molecular complexity index is 687. The number of hydrogen-bond acceptors (Lipinski definition) is 3. The summed E-state index contributed by atoms with van der Waals surface area (Å²) in [6.45, 7) is 0. The van der Waals surface area contributed by atoms with Gasteiger partial charge in [0.05, 0.1) is 10.7 Å². The van der Waals surface area contributed by atoms with Crippen molar-refractivity contribution in [3.05, 3.63) is 52.0 Å². The van der Waals surface area contributed by atoms with Crippen LogP contribution >= 0.6 is 23.2 Å². The van der Waals surface area contributed by atoms with E-state index in [-0.39, 0.29) is 5.91 Å². The van der Waals surface area contributed by atoms with Gasteiger partial charge in [-0.2, -0.15) is 0 Å². The molecule has 0 radical (unpaired) electrons. The third-order valence-corrected chi connectivity index (χ3v) is 3.32. The van der Waals surface area contributed by atoms with Crippen LogP contribution in [-0.2, 0) is 0 Å². The molecule has 1 amide bonds. The maximum atomic E-state index is 11.9. The molecule has 110 valence electrons. The van der Waals surface area contributed by atoms with Gasteiger partial charge in [0.2, 0.25) is 0 Å². The van der Waals surface area contributed by atoms with Gasteiger partial charge in [0, 0.05) is 30.7 Å². The summed E-state index contributed by atoms with van der Waals surface area (Å²) in [6, 6.07) is 9.74. The van der Waals surface area contributed by atoms with Gasteiger partial charge in [0.15, 0.2) is 0 Å². The van der Waals surface area contributed by atoms with Crippen LogP contribution in [0.1, 0.15) is 10.4 Å². The standard InChI is InChI=1S/C15H14Cl2N2O2/c1-19(2)15(20)9-3-6-13(12(18)7-9)21-14-8-10(16)4-5-11(14)17/h3-8H,18H2,1-2H3. The highest BCUT2D eigenvalue weighted by Crippen LogP contribution is 2.34. The molecule has 0 bridgehead atoms. The van der Waals surface area contributed by atoms with Crippen molar-refractivity contribution in [1.29, 1.82) is 0 Å². The van der Waals surface area contributed by atoms with Gasteiger partial charge < -0.3 is 15.4 Å². The largest absolute Gasteiger partial charge is 0.454 e. The Hall–Kier alpha value is -1.91. The van der Waals surface area contributed by atoms with Crippen LogP contribution in [0.5, 0.6) is 11.5 Å². The monoisotopic (exact) mass is 324 g/mol. The molecule has 0 unspecified atom stereocenters. The number of ether oxygens (including phenoxy) is 1. The van der Waals surface area contributed by atoms with Crippen molar-refractivity contribution in [3.63, 3.8) is 0 Å². The van der Waals surface area contributed by atoms with Crippen molar-refractivity contribution in [1.82, 2.24) is 4.90 Å². The summed E-state index contributed by atoms with van der Waals surface area (Å²) in [6.07, 6.45) is 0. The summed E-state index contributed by atoms with van der Waals surface area (Å²) in [5.41, 5.74) is 6.76. The molecule has 0 spiro atoms. The lowest BCUT2D eigenvalue weighted by atomic mass is 10.1. The second-order valence-corrected chi connectivity index (χ2v) is 5.47. The highest BCUT2D eigenvalue weighted by molar-refractivity contribution is 6.34. The summed E-state index contributed by atoms with van der Waals surface area (Å²) in [4.78, 5) is 13.3. The maximum absolute atomic E-state index is 11.9. The minimum Gasteiger partial charge on any atom is -0.454 e. The smallest absolute Gasteiger partial charge is 0.253 e. The average molecular weight is 325 g/mol. The van der Waals surface area contributed by atoms with Crippen molar-refractivity contribution in [2.75, 3.05) is 19.8 Å². The van der Waals surface area contributed by atoms with Gasteiger partial charge in [0.1, 0.15) is 11.5 Å². The third-order valence-electron chi connectivity index (χ3n) is 2.78. The first-order valence-electron chi connectivity index (χ1n) is 6.12.